The number of hydrogen-bond donors (Lipinski definition) is 8. The van der Waals surface area contributed by atoms with Gasteiger partial charge < -0.3 is 10.6 Å². The normalized spacial score (nSPS) is 11.4. The van der Waals surface area contributed by atoms with Gasteiger partial charge in [0.25, 0.3) is 0 Å². The van der Waals surface area contributed by atoms with Gasteiger partial charge in [-0.05, 0) is 49.2 Å². The maximum absolute atomic E-state index is 12.2. The molecule has 0 heterocycles. The summed E-state index contributed by atoms with van der Waals surface area (Å²) in [6, 6.07) is 14.0. The Labute approximate surface area is 173 Å². The summed E-state index contributed by atoms with van der Waals surface area (Å²) in [5.41, 5.74) is 25.6. The minimum Gasteiger partial charge on any atom is -0.308 e. The third-order valence-electron chi connectivity index (χ3n) is 3.83. The lowest BCUT2D eigenvalue weighted by atomic mass is 10.1. The van der Waals surface area contributed by atoms with Gasteiger partial charge in [-0.3, -0.25) is 22.9 Å². The zero-order chi connectivity index (χ0) is 22.1. The number of nitrogens with zero attached hydrogens (tertiary/aromatic N) is 2. The van der Waals surface area contributed by atoms with Crippen LogP contribution in [0.15, 0.2) is 58.7 Å². The number of anilines is 2. The number of hydrazone groups is 2. The molecule has 2 amide bonds. The summed E-state index contributed by atoms with van der Waals surface area (Å²) in [7, 11) is 0. The molecule has 2 aromatic rings. The van der Waals surface area contributed by atoms with Gasteiger partial charge in [0.1, 0.15) is 0 Å². The molecule has 0 atom stereocenters. The Bertz CT molecular complexity index is 915. The van der Waals surface area contributed by atoms with Crippen molar-refractivity contribution in [1.29, 1.82) is 0 Å². The fraction of sp³-hybridized carbons (Fsp3) is 0.105. The van der Waals surface area contributed by atoms with Crippen LogP contribution in [-0.2, 0) is 0 Å². The number of carbonyl (C=O) groups is 1. The van der Waals surface area contributed by atoms with Gasteiger partial charge >= 0.3 is 18.0 Å². The molecule has 12 N–H and O–H groups in total. The number of rotatable bonds is 6. The van der Waals surface area contributed by atoms with Gasteiger partial charge in [-0.15, -0.1) is 10.2 Å². The molecule has 0 spiro atoms. The van der Waals surface area contributed by atoms with Crippen molar-refractivity contribution >= 4 is 40.7 Å². The smallest absolute Gasteiger partial charge is 0.308 e. The van der Waals surface area contributed by atoms with E-state index in [-0.39, 0.29) is 18.0 Å². The highest BCUT2D eigenvalue weighted by molar-refractivity contribution is 6.02. The Morgan fingerprint density at radius 1 is 0.700 bits per heavy atom. The summed E-state index contributed by atoms with van der Waals surface area (Å²) >= 11 is 0. The lowest BCUT2D eigenvalue weighted by molar-refractivity contribution is -0.464. The lowest BCUT2D eigenvalue weighted by Crippen LogP contribution is -2.72. The highest BCUT2D eigenvalue weighted by Crippen LogP contribution is 2.13. The quantitative estimate of drug-likeness (QED) is 0.147. The molecule has 0 saturated carbocycles. The van der Waals surface area contributed by atoms with Crippen molar-refractivity contribution in [1.82, 2.24) is 0 Å². The summed E-state index contributed by atoms with van der Waals surface area (Å²) in [4.78, 5) is 12.2. The molecular formula is C19H26N10O+2. The van der Waals surface area contributed by atoms with Crippen LogP contribution in [-0.4, -0.2) is 29.4 Å². The van der Waals surface area contributed by atoms with Gasteiger partial charge in [-0.2, -0.15) is 10.2 Å². The number of nitrogens with one attached hydrogen (secondary N) is 4. The molecule has 0 aliphatic heterocycles. The van der Waals surface area contributed by atoms with Crippen molar-refractivity contribution in [3.8, 4) is 0 Å². The third-order valence-corrected chi connectivity index (χ3v) is 3.83. The fourth-order valence-electron chi connectivity index (χ4n) is 2.31. The summed E-state index contributed by atoms with van der Waals surface area (Å²) < 4.78 is 0. The lowest BCUT2D eigenvalue weighted by Gasteiger charge is -2.09. The van der Waals surface area contributed by atoms with Gasteiger partial charge in [-0.25, -0.2) is 4.79 Å². The van der Waals surface area contributed by atoms with Crippen molar-refractivity contribution in [2.24, 2.45) is 33.1 Å². The Hall–Kier alpha value is -4.41. The molecule has 0 saturated heterocycles. The van der Waals surface area contributed by atoms with Crippen molar-refractivity contribution in [2.75, 3.05) is 10.6 Å². The van der Waals surface area contributed by atoms with Gasteiger partial charge in [0.15, 0.2) is 0 Å². The molecule has 2 rings (SSSR count). The Morgan fingerprint density at radius 2 is 1.03 bits per heavy atom. The van der Waals surface area contributed by atoms with E-state index in [1.807, 2.05) is 24.3 Å². The highest BCUT2D eigenvalue weighted by Gasteiger charge is 2.05. The average Bonchev–Trinajstić information content (AvgIpc) is 2.71. The predicted octanol–water partition coefficient (Wildman–Crippen LogP) is -2.51. The number of hydrogen-bond acceptors (Lipinski definition) is 3. The maximum atomic E-state index is 12.2. The zero-order valence-electron chi connectivity index (χ0n) is 16.7. The first-order valence-electron chi connectivity index (χ1n) is 8.90. The first-order chi connectivity index (χ1) is 14.2. The van der Waals surface area contributed by atoms with Gasteiger partial charge in [0.05, 0.1) is 11.4 Å². The van der Waals surface area contributed by atoms with Crippen molar-refractivity contribution in [3.63, 3.8) is 0 Å². The molecule has 30 heavy (non-hydrogen) atoms. The van der Waals surface area contributed by atoms with Crippen molar-refractivity contribution in [2.45, 2.75) is 13.8 Å². The van der Waals surface area contributed by atoms with E-state index in [9.17, 15) is 4.79 Å². The molecule has 156 valence electrons. The number of benzene rings is 2. The van der Waals surface area contributed by atoms with E-state index < -0.39 is 0 Å². The van der Waals surface area contributed by atoms with E-state index in [4.69, 9.17) is 22.9 Å². The van der Waals surface area contributed by atoms with E-state index in [0.717, 1.165) is 11.1 Å². The van der Waals surface area contributed by atoms with Crippen LogP contribution in [0.1, 0.15) is 25.0 Å². The van der Waals surface area contributed by atoms with Crippen molar-refractivity contribution in [3.05, 3.63) is 59.7 Å². The first kappa shape index (κ1) is 21.9. The Balaban J connectivity index is 1.97. The number of urea groups is 1. The SMILES string of the molecule is C/C(=N\[NH+]=C(N)N)c1ccc(NC(=O)Nc2ccc(/C(C)=N/[NH+]=C(N)N)cc2)cc1. The second kappa shape index (κ2) is 10.2. The molecule has 11 heteroatoms. The van der Waals surface area contributed by atoms with Crippen LogP contribution < -0.4 is 43.8 Å². The third kappa shape index (κ3) is 6.96. The number of amides is 2. The fourth-order valence-corrected chi connectivity index (χ4v) is 2.31. The average molecular weight is 410 g/mol. The number of guanidine groups is 2. The van der Waals surface area contributed by atoms with Crippen LogP contribution >= 0.6 is 0 Å². The van der Waals surface area contributed by atoms with E-state index in [0.29, 0.717) is 22.8 Å². The van der Waals surface area contributed by atoms with Crippen molar-refractivity contribution < 1.29 is 15.0 Å². The molecule has 11 nitrogen and oxygen atoms in total. The molecule has 0 unspecified atom stereocenters. The summed E-state index contributed by atoms with van der Waals surface area (Å²) in [6.45, 7) is 3.61. The van der Waals surface area contributed by atoms with E-state index >= 15 is 0 Å². The van der Waals surface area contributed by atoms with E-state index in [2.05, 4.69) is 31.0 Å². The van der Waals surface area contributed by atoms with Crippen LogP contribution in [0, 0.1) is 0 Å². The van der Waals surface area contributed by atoms with Crippen LogP contribution in [0.5, 0.6) is 0 Å². The molecule has 0 aliphatic rings. The highest BCUT2D eigenvalue weighted by atomic mass is 16.2. The maximum Gasteiger partial charge on any atom is 0.362 e. The number of nitrogens with two attached hydrogens (primary N) is 4. The van der Waals surface area contributed by atoms with E-state index in [1.165, 1.54) is 0 Å². The summed E-state index contributed by atoms with van der Waals surface area (Å²) in [5, 5.41) is 18.6. The molecule has 0 fully saturated rings. The second-order valence-electron chi connectivity index (χ2n) is 6.26. The summed E-state index contributed by atoms with van der Waals surface area (Å²) in [5.74, 6) is 0.0189. The largest absolute Gasteiger partial charge is 0.362 e. The first-order valence-corrected chi connectivity index (χ1v) is 8.90. The van der Waals surface area contributed by atoms with Gasteiger partial charge in [-0.1, -0.05) is 24.3 Å². The van der Waals surface area contributed by atoms with E-state index in [1.54, 1.807) is 38.1 Å². The molecule has 0 bridgehead atoms. The zero-order valence-corrected chi connectivity index (χ0v) is 16.7. The molecule has 2 aromatic carbocycles. The predicted molar refractivity (Wildman–Crippen MR) is 119 cm³/mol. The summed E-state index contributed by atoms with van der Waals surface area (Å²) in [6.07, 6.45) is 0. The van der Waals surface area contributed by atoms with Crippen LogP contribution in [0.4, 0.5) is 16.2 Å². The minimum atomic E-state index is -0.370. The minimum absolute atomic E-state index is 0.00946. The topological polar surface area (TPSA) is 198 Å². The van der Waals surface area contributed by atoms with Gasteiger partial charge in [0.2, 0.25) is 0 Å². The van der Waals surface area contributed by atoms with Crippen LogP contribution in [0.2, 0.25) is 0 Å². The molecule has 0 radical (unpaired) electrons. The monoisotopic (exact) mass is 410 g/mol. The molecule has 0 aromatic heterocycles. The standard InChI is InChI=1S/C19H24N10O/c1-11(26-28-17(20)21)13-3-7-15(8-4-13)24-19(30)25-16-9-5-14(6-10-16)12(2)27-29-18(22)23/h3-10H,1-2H3,(H4,20,21,28)(H4,22,23,29)(H2,24,25,30)/p+2/b26-11+,27-12+. The molecular weight excluding hydrogens is 384 g/mol. The Kier molecular flexibility index (Phi) is 7.46. The molecule has 0 aliphatic carbocycles. The van der Waals surface area contributed by atoms with Gasteiger partial charge in [0, 0.05) is 11.4 Å². The number of carbonyl (C=O) groups excluding carboxylic acids is 1. The van der Waals surface area contributed by atoms with Crippen LogP contribution in [0.3, 0.4) is 0 Å². The Morgan fingerprint density at radius 3 is 1.33 bits per heavy atom. The second-order valence-corrected chi connectivity index (χ2v) is 6.26. The van der Waals surface area contributed by atoms with Crippen LogP contribution in [0.25, 0.3) is 0 Å².